The Morgan fingerprint density at radius 3 is 2.59 bits per heavy atom. The topological polar surface area (TPSA) is 89.2 Å². The molecule has 0 aliphatic carbocycles. The van der Waals surface area contributed by atoms with Gasteiger partial charge in [-0.05, 0) is 75.4 Å². The van der Waals surface area contributed by atoms with Gasteiger partial charge in [-0.15, -0.1) is 0 Å². The first-order valence-electron chi connectivity index (χ1n) is 12.4. The first kappa shape index (κ1) is 20.6. The van der Waals surface area contributed by atoms with Gasteiger partial charge in [-0.1, -0.05) is 6.07 Å². The molecular weight excluding hydrogens is 430 g/mol. The summed E-state index contributed by atoms with van der Waals surface area (Å²) in [4.78, 5) is 4.63. The summed E-state index contributed by atoms with van der Waals surface area (Å²) in [5, 5.41) is 26.8. The molecule has 4 aliphatic heterocycles. The number of phenolic OH excluding ortho intramolecular Hbond substituents is 1. The van der Waals surface area contributed by atoms with Crippen molar-refractivity contribution < 1.29 is 19.7 Å². The van der Waals surface area contributed by atoms with Crippen molar-refractivity contribution in [2.75, 3.05) is 20.4 Å². The number of nitrogens with zero attached hydrogens (tertiary/aromatic N) is 3. The number of hydrogen-bond donors (Lipinski definition) is 2. The molecule has 0 saturated carbocycles. The number of aliphatic hydroxyl groups excluding tert-OH is 1. The van der Waals surface area contributed by atoms with E-state index in [4.69, 9.17) is 16.0 Å². The zero-order chi connectivity index (χ0) is 24.8. The molecule has 0 spiro atoms. The van der Waals surface area contributed by atoms with Crippen molar-refractivity contribution in [3.63, 3.8) is 0 Å². The van der Waals surface area contributed by atoms with Crippen LogP contribution in [-0.4, -0.2) is 60.0 Å². The van der Waals surface area contributed by atoms with E-state index < -0.39 is 12.1 Å². The first-order valence-corrected chi connectivity index (χ1v) is 12.0. The average molecular weight is 464 g/mol. The Hall–Kier alpha value is -2.79. The number of piperazine rings is 1. The van der Waals surface area contributed by atoms with Crippen molar-refractivity contribution in [2.45, 2.75) is 70.7 Å². The van der Waals surface area contributed by atoms with Gasteiger partial charge >= 0.3 is 0 Å². The van der Waals surface area contributed by atoms with E-state index in [1.54, 1.807) is 0 Å². The minimum Gasteiger partial charge on any atom is -0.507 e. The molecule has 2 bridgehead atoms. The summed E-state index contributed by atoms with van der Waals surface area (Å²) in [7, 11) is 2.13. The van der Waals surface area contributed by atoms with Crippen LogP contribution in [0.1, 0.15) is 56.6 Å². The Bertz CT molecular complexity index is 1290. The lowest BCUT2D eigenvalue weighted by Crippen LogP contribution is -2.68. The molecule has 2 aromatic carbocycles. The van der Waals surface area contributed by atoms with E-state index >= 15 is 0 Å². The summed E-state index contributed by atoms with van der Waals surface area (Å²) in [6, 6.07) is 4.10. The van der Waals surface area contributed by atoms with Crippen LogP contribution in [0.3, 0.4) is 0 Å². The minimum absolute atomic E-state index is 0.00861. The van der Waals surface area contributed by atoms with E-state index in [-0.39, 0.29) is 37.3 Å². The van der Waals surface area contributed by atoms with Gasteiger partial charge in [0.2, 0.25) is 8.22 Å². The smallest absolute Gasteiger partial charge is 0.231 e. The van der Waals surface area contributed by atoms with E-state index in [9.17, 15) is 10.4 Å². The number of aromatic hydroxyl groups is 1. The molecule has 7 heteroatoms. The maximum Gasteiger partial charge on any atom is 0.231 e. The third-order valence-electron chi connectivity index (χ3n) is 8.98. The fraction of sp³-hybridized carbons (Fsp3) is 0.519. The van der Waals surface area contributed by atoms with Crippen LogP contribution in [0, 0.1) is 39.0 Å². The number of rotatable bonds is 2. The zero-order valence-electron chi connectivity index (χ0n) is 21.3. The highest BCUT2D eigenvalue weighted by Crippen LogP contribution is 2.56. The lowest BCUT2D eigenvalue weighted by atomic mass is 9.70. The van der Waals surface area contributed by atoms with Gasteiger partial charge in [-0.2, -0.15) is 5.26 Å². The van der Waals surface area contributed by atoms with E-state index in [0.717, 1.165) is 17.5 Å². The summed E-state index contributed by atoms with van der Waals surface area (Å²) < 4.78 is 19.3. The van der Waals surface area contributed by atoms with Gasteiger partial charge in [0, 0.05) is 28.8 Å². The highest BCUT2D eigenvalue weighted by molar-refractivity contribution is 5.65. The molecule has 1 saturated heterocycles. The van der Waals surface area contributed by atoms with Crippen LogP contribution >= 0.6 is 0 Å². The van der Waals surface area contributed by atoms with E-state index in [1.165, 1.54) is 27.8 Å². The number of fused-ring (bicyclic) bond motifs is 9. The maximum atomic E-state index is 11.3. The summed E-state index contributed by atoms with van der Waals surface area (Å²) in [6.07, 6.45) is 1.36. The molecule has 34 heavy (non-hydrogen) atoms. The second kappa shape index (κ2) is 7.35. The maximum absolute atomic E-state index is 11.3. The predicted molar refractivity (Wildman–Crippen MR) is 126 cm³/mol. The van der Waals surface area contributed by atoms with Crippen molar-refractivity contribution in [1.29, 1.82) is 6.69 Å². The van der Waals surface area contributed by atoms with Crippen LogP contribution in [-0.2, 0) is 12.8 Å². The summed E-state index contributed by atoms with van der Waals surface area (Å²) in [6.45, 7) is 8.55. The van der Waals surface area contributed by atoms with Crippen LogP contribution < -0.4 is 9.47 Å². The number of nitriles is 1. The van der Waals surface area contributed by atoms with Crippen LogP contribution in [0.4, 0.5) is 0 Å². The summed E-state index contributed by atoms with van der Waals surface area (Å²) >= 11 is 0. The number of ether oxygens (including phenoxy) is 2. The largest absolute Gasteiger partial charge is 0.507 e. The van der Waals surface area contributed by atoms with E-state index in [0.29, 0.717) is 23.5 Å². The quantitative estimate of drug-likeness (QED) is 0.707. The van der Waals surface area contributed by atoms with E-state index in [2.05, 4.69) is 49.8 Å². The highest BCUT2D eigenvalue weighted by atomic mass is 16.7. The van der Waals surface area contributed by atoms with Crippen LogP contribution in [0.25, 0.3) is 0 Å². The van der Waals surface area contributed by atoms with Crippen LogP contribution in [0.5, 0.6) is 17.2 Å². The Morgan fingerprint density at radius 1 is 1.09 bits per heavy atom. The van der Waals surface area contributed by atoms with Gasteiger partial charge in [-0.25, -0.2) is 0 Å². The molecule has 4 heterocycles. The Labute approximate surface area is 201 Å². The normalized spacial score (nSPS) is 29.6. The number of benzene rings is 2. The second-order valence-corrected chi connectivity index (χ2v) is 10.3. The molecule has 1 fully saturated rings. The third kappa shape index (κ3) is 2.56. The van der Waals surface area contributed by atoms with Crippen molar-refractivity contribution in [2.24, 2.45) is 0 Å². The van der Waals surface area contributed by atoms with Crippen LogP contribution in [0.15, 0.2) is 6.07 Å². The van der Waals surface area contributed by atoms with Gasteiger partial charge in [-0.3, -0.25) is 9.80 Å². The lowest BCUT2D eigenvalue weighted by Gasteiger charge is -2.60. The van der Waals surface area contributed by atoms with E-state index in [1.807, 2.05) is 6.92 Å². The molecule has 0 radical (unpaired) electrons. The monoisotopic (exact) mass is 463 g/mol. The standard InChI is InChI=1S/C27H31N3O4/c1-12-6-16-7-18-20(9-28)30-19(24(29(18)5)22(16)14(3)13(12)2)8-17-23(21(30)10-31)27-26(33-11-34-27)15(4)25(17)32/h6,18-21,24,31-32H,7-8,10-11H2,1-5H3/t18-,19?,20-,21-,24?/m0/s1/i31T. The van der Waals surface area contributed by atoms with Crippen molar-refractivity contribution in [3.8, 4) is 23.3 Å². The molecular formula is C27H31N3O4. The van der Waals surface area contributed by atoms with Crippen molar-refractivity contribution in [1.82, 2.24) is 9.80 Å². The molecule has 2 N–H and O–H groups in total. The minimum atomic E-state index is -0.403. The SMILES string of the molecule is [3H]OC[C@H]1c2c(c(O)c(C)c3c2OCO3)CC2C3c4c(cc(C)c(C)c4C)C[C@@H]([C@H](C#N)N21)N3C. The molecule has 5 atom stereocenters. The third-order valence-corrected chi connectivity index (χ3v) is 8.98. The van der Waals surface area contributed by atoms with Gasteiger partial charge in [0.15, 0.2) is 11.5 Å². The number of aryl methyl sites for hydroxylation is 1. The van der Waals surface area contributed by atoms with Gasteiger partial charge in [0.05, 0.1) is 24.8 Å². The van der Waals surface area contributed by atoms with Gasteiger partial charge < -0.3 is 19.7 Å². The van der Waals surface area contributed by atoms with Crippen molar-refractivity contribution in [3.05, 3.63) is 50.6 Å². The second-order valence-electron chi connectivity index (χ2n) is 10.3. The fourth-order valence-electron chi connectivity index (χ4n) is 7.15. The molecule has 0 aromatic heterocycles. The first-order chi connectivity index (χ1) is 16.8. The molecule has 2 unspecified atom stereocenters. The molecule has 6 rings (SSSR count). The number of hydrogen-bond acceptors (Lipinski definition) is 7. The Kier molecular flexibility index (Phi) is 4.45. The molecule has 4 aliphatic rings. The fourth-order valence-corrected chi connectivity index (χ4v) is 7.15. The van der Waals surface area contributed by atoms with Gasteiger partial charge in [0.1, 0.15) is 11.8 Å². The number of aliphatic hydroxyl groups is 1. The summed E-state index contributed by atoms with van der Waals surface area (Å²) in [5.41, 5.74) is 8.82. The molecule has 178 valence electrons. The zero-order valence-corrected chi connectivity index (χ0v) is 20.3. The Balaban J connectivity index is 1.61. The Morgan fingerprint density at radius 2 is 1.85 bits per heavy atom. The van der Waals surface area contributed by atoms with Crippen LogP contribution in [0.2, 0.25) is 0 Å². The predicted octanol–water partition coefficient (Wildman–Crippen LogP) is 3.12. The van der Waals surface area contributed by atoms with Gasteiger partial charge in [0.25, 0.3) is 0 Å². The average Bonchev–Trinajstić information content (AvgIpc) is 3.32. The molecule has 2 aromatic rings. The highest BCUT2D eigenvalue weighted by Gasteiger charge is 2.56. The number of likely N-dealkylation sites (N-methyl/N-ethyl adjacent to an activating group) is 1. The summed E-state index contributed by atoms with van der Waals surface area (Å²) in [5.74, 6) is 1.37. The molecule has 7 nitrogen and oxygen atoms in total. The van der Waals surface area contributed by atoms with Crippen molar-refractivity contribution >= 4 is 0 Å². The number of phenols is 1. The lowest BCUT2D eigenvalue weighted by molar-refractivity contribution is -0.0821. The molecule has 0 amide bonds.